The molecule has 0 spiro atoms. The van der Waals surface area contributed by atoms with E-state index < -0.39 is 0 Å². The molecule has 3 nitrogen and oxygen atoms in total. The summed E-state index contributed by atoms with van der Waals surface area (Å²) in [4.78, 5) is 0. The minimum absolute atomic E-state index is 0.463. The van der Waals surface area contributed by atoms with Crippen molar-refractivity contribution in [3.05, 3.63) is 0 Å². The highest BCUT2D eigenvalue weighted by Gasteiger charge is 2.00. The smallest absolute Gasteiger partial charge is 0.0835 e. The Hall–Kier alpha value is -0.600. The molecule has 1 atom stereocenters. The van der Waals surface area contributed by atoms with Gasteiger partial charge in [-0.3, -0.25) is 5.43 Å². The standard InChI is InChI=1S/C3H7N3.C2H6/c1-3-2-4-6-5-3;1-2/h3H,2H2,1H3,(H,4,5);1-2H3. The molecule has 1 aliphatic rings. The van der Waals surface area contributed by atoms with E-state index in [0.29, 0.717) is 6.04 Å². The van der Waals surface area contributed by atoms with Crippen molar-refractivity contribution < 1.29 is 0 Å². The minimum atomic E-state index is 0.463. The van der Waals surface area contributed by atoms with Gasteiger partial charge in [-0.25, -0.2) is 0 Å². The molecule has 8 heavy (non-hydrogen) atoms. The van der Waals surface area contributed by atoms with Crippen LogP contribution in [-0.4, -0.2) is 12.6 Å². The summed E-state index contributed by atoms with van der Waals surface area (Å²) in [5, 5.41) is 7.22. The molecule has 0 aromatic carbocycles. The normalized spacial score (nSPS) is 23.6. The van der Waals surface area contributed by atoms with E-state index in [9.17, 15) is 0 Å². The van der Waals surface area contributed by atoms with Crippen molar-refractivity contribution in [1.82, 2.24) is 5.43 Å². The lowest BCUT2D eigenvalue weighted by Gasteiger charge is -1.92. The second kappa shape index (κ2) is 4.56. The minimum Gasteiger partial charge on any atom is -0.287 e. The van der Waals surface area contributed by atoms with Gasteiger partial charge in [0.1, 0.15) is 0 Å². The molecule has 0 aromatic rings. The first-order valence-corrected chi connectivity index (χ1v) is 3.01. The van der Waals surface area contributed by atoms with Crippen LogP contribution >= 0.6 is 0 Å². The second-order valence-electron chi connectivity index (χ2n) is 1.45. The molecule has 0 radical (unpaired) electrons. The van der Waals surface area contributed by atoms with Gasteiger partial charge in [-0.05, 0) is 6.92 Å². The average Bonchev–Trinajstić information content (AvgIpc) is 2.24. The van der Waals surface area contributed by atoms with Gasteiger partial charge < -0.3 is 0 Å². The lowest BCUT2D eigenvalue weighted by Crippen LogP contribution is -2.16. The summed E-state index contributed by atoms with van der Waals surface area (Å²) in [6, 6.07) is 0.463. The van der Waals surface area contributed by atoms with Crippen LogP contribution in [0.25, 0.3) is 0 Å². The lowest BCUT2D eigenvalue weighted by molar-refractivity contribution is 0.658. The van der Waals surface area contributed by atoms with Crippen LogP contribution in [0.15, 0.2) is 10.3 Å². The molecule has 48 valence electrons. The van der Waals surface area contributed by atoms with E-state index in [1.54, 1.807) is 0 Å². The van der Waals surface area contributed by atoms with E-state index in [1.807, 2.05) is 20.8 Å². The number of rotatable bonds is 0. The van der Waals surface area contributed by atoms with Crippen molar-refractivity contribution in [2.75, 3.05) is 6.54 Å². The topological polar surface area (TPSA) is 36.8 Å². The van der Waals surface area contributed by atoms with Gasteiger partial charge in [0.05, 0.1) is 12.6 Å². The zero-order valence-corrected chi connectivity index (χ0v) is 5.68. The Morgan fingerprint density at radius 1 is 1.50 bits per heavy atom. The van der Waals surface area contributed by atoms with E-state index in [4.69, 9.17) is 0 Å². The molecule has 0 amide bonds. The molecule has 3 heteroatoms. The van der Waals surface area contributed by atoms with Crippen molar-refractivity contribution in [3.8, 4) is 0 Å². The summed E-state index contributed by atoms with van der Waals surface area (Å²) in [5.41, 5.74) is 2.78. The monoisotopic (exact) mass is 115 g/mol. The third-order valence-corrected chi connectivity index (χ3v) is 0.704. The van der Waals surface area contributed by atoms with E-state index in [-0.39, 0.29) is 0 Å². The number of hydrogen-bond acceptors (Lipinski definition) is 3. The van der Waals surface area contributed by atoms with Crippen molar-refractivity contribution in [2.24, 2.45) is 10.3 Å². The quantitative estimate of drug-likeness (QED) is 0.508. The fourth-order valence-corrected chi connectivity index (χ4v) is 0.344. The predicted octanol–water partition coefficient (Wildman–Crippen LogP) is 1.37. The van der Waals surface area contributed by atoms with E-state index in [1.165, 1.54) is 0 Å². The molecule has 0 saturated carbocycles. The molecule has 0 aliphatic carbocycles. The summed E-state index contributed by atoms with van der Waals surface area (Å²) in [7, 11) is 0. The van der Waals surface area contributed by atoms with Crippen LogP contribution in [-0.2, 0) is 0 Å². The van der Waals surface area contributed by atoms with Crippen LogP contribution in [0.1, 0.15) is 20.8 Å². The zero-order valence-electron chi connectivity index (χ0n) is 5.68. The largest absolute Gasteiger partial charge is 0.287 e. The first-order chi connectivity index (χ1) is 3.89. The molecule has 0 aromatic heterocycles. The fourth-order valence-electron chi connectivity index (χ4n) is 0.344. The van der Waals surface area contributed by atoms with Crippen LogP contribution in [0, 0.1) is 0 Å². The molecule has 1 unspecified atom stereocenters. The molecule has 1 heterocycles. The number of nitrogens with one attached hydrogen (secondary N) is 1. The maximum absolute atomic E-state index is 3.68. The molecule has 0 fully saturated rings. The van der Waals surface area contributed by atoms with Gasteiger partial charge in [-0.1, -0.05) is 19.1 Å². The first kappa shape index (κ1) is 7.40. The van der Waals surface area contributed by atoms with Gasteiger partial charge in [0.2, 0.25) is 0 Å². The Bertz CT molecular complexity index is 62.1. The van der Waals surface area contributed by atoms with Gasteiger partial charge in [-0.15, -0.1) is 0 Å². The lowest BCUT2D eigenvalue weighted by atomic mass is 10.4. The van der Waals surface area contributed by atoms with Crippen molar-refractivity contribution in [1.29, 1.82) is 0 Å². The Balaban J connectivity index is 0.000000222. The van der Waals surface area contributed by atoms with Crippen LogP contribution in [0.5, 0.6) is 0 Å². The van der Waals surface area contributed by atoms with Crippen LogP contribution in [0.4, 0.5) is 0 Å². The first-order valence-electron chi connectivity index (χ1n) is 3.01. The van der Waals surface area contributed by atoms with E-state index >= 15 is 0 Å². The molecule has 0 saturated heterocycles. The third-order valence-electron chi connectivity index (χ3n) is 0.704. The summed E-state index contributed by atoms with van der Waals surface area (Å²) < 4.78 is 0. The maximum Gasteiger partial charge on any atom is 0.0835 e. The molecular formula is C5H13N3. The second-order valence-corrected chi connectivity index (χ2v) is 1.45. The highest BCUT2D eigenvalue weighted by molar-refractivity contribution is 4.61. The predicted molar refractivity (Wildman–Crippen MR) is 33.7 cm³/mol. The van der Waals surface area contributed by atoms with Crippen LogP contribution < -0.4 is 5.43 Å². The molecule has 1 rings (SSSR count). The fraction of sp³-hybridized carbons (Fsp3) is 1.00. The summed E-state index contributed by atoms with van der Waals surface area (Å²) in [5.74, 6) is 0. The van der Waals surface area contributed by atoms with Crippen molar-refractivity contribution >= 4 is 0 Å². The average molecular weight is 115 g/mol. The Kier molecular flexibility index (Phi) is 4.21. The van der Waals surface area contributed by atoms with Gasteiger partial charge in [-0.2, -0.15) is 5.11 Å². The number of nitrogens with zero attached hydrogens (tertiary/aromatic N) is 2. The SMILES string of the molecule is CC.CC1CN=NN1. The Morgan fingerprint density at radius 3 is 2.25 bits per heavy atom. The Labute approximate surface area is 50.2 Å². The zero-order chi connectivity index (χ0) is 6.41. The summed E-state index contributed by atoms with van der Waals surface area (Å²) >= 11 is 0. The highest BCUT2D eigenvalue weighted by Crippen LogP contribution is 1.89. The summed E-state index contributed by atoms with van der Waals surface area (Å²) in [6.45, 7) is 6.88. The van der Waals surface area contributed by atoms with E-state index in [2.05, 4.69) is 15.8 Å². The Morgan fingerprint density at radius 2 is 2.12 bits per heavy atom. The van der Waals surface area contributed by atoms with Crippen LogP contribution in [0.2, 0.25) is 0 Å². The molecular weight excluding hydrogens is 102 g/mol. The molecule has 1 N–H and O–H groups in total. The third kappa shape index (κ3) is 2.55. The molecule has 1 aliphatic heterocycles. The molecule has 0 bridgehead atoms. The van der Waals surface area contributed by atoms with Crippen molar-refractivity contribution in [2.45, 2.75) is 26.8 Å². The maximum atomic E-state index is 3.68. The summed E-state index contributed by atoms with van der Waals surface area (Å²) in [6.07, 6.45) is 0. The van der Waals surface area contributed by atoms with Crippen LogP contribution in [0.3, 0.4) is 0 Å². The van der Waals surface area contributed by atoms with Gasteiger partial charge in [0, 0.05) is 0 Å². The number of hydrogen-bond donors (Lipinski definition) is 1. The van der Waals surface area contributed by atoms with Gasteiger partial charge in [0.15, 0.2) is 0 Å². The van der Waals surface area contributed by atoms with Crippen molar-refractivity contribution in [3.63, 3.8) is 0 Å². The van der Waals surface area contributed by atoms with E-state index in [0.717, 1.165) is 6.54 Å². The van der Waals surface area contributed by atoms with Gasteiger partial charge >= 0.3 is 0 Å². The highest BCUT2D eigenvalue weighted by atomic mass is 15.5. The van der Waals surface area contributed by atoms with Gasteiger partial charge in [0.25, 0.3) is 0 Å².